The van der Waals surface area contributed by atoms with Crippen LogP contribution in [-0.4, -0.2) is 37.4 Å². The molecule has 16 heavy (non-hydrogen) atoms. The van der Waals surface area contributed by atoms with Gasteiger partial charge in [0, 0.05) is 19.5 Å². The molecule has 0 bridgehead atoms. The van der Waals surface area contributed by atoms with Crippen LogP contribution in [0.4, 0.5) is 0 Å². The highest BCUT2D eigenvalue weighted by Gasteiger charge is 2.24. The van der Waals surface area contributed by atoms with E-state index >= 15 is 0 Å². The third-order valence-electron chi connectivity index (χ3n) is 2.43. The Hall–Kier alpha value is -1.59. The minimum Gasteiger partial charge on any atom is -0.355 e. The molecule has 0 saturated carbocycles. The van der Waals surface area contributed by atoms with Gasteiger partial charge < -0.3 is 16.0 Å². The zero-order chi connectivity index (χ0) is 12.0. The largest absolute Gasteiger partial charge is 0.355 e. The Balaban J connectivity index is 2.24. The number of carbonyl (C=O) groups excluding carboxylic acids is 3. The Labute approximate surface area is 94.2 Å². The summed E-state index contributed by atoms with van der Waals surface area (Å²) in [4.78, 5) is 33.5. The lowest BCUT2D eigenvalue weighted by Crippen LogP contribution is -2.45. The maximum Gasteiger partial charge on any atom is 0.239 e. The topological polar surface area (TPSA) is 87.3 Å². The Morgan fingerprint density at radius 2 is 2.19 bits per heavy atom. The highest BCUT2D eigenvalue weighted by atomic mass is 16.2. The van der Waals surface area contributed by atoms with Crippen molar-refractivity contribution in [1.82, 2.24) is 16.0 Å². The number of rotatable bonds is 4. The molecule has 1 rings (SSSR count). The monoisotopic (exact) mass is 227 g/mol. The average Bonchev–Trinajstić information content (AvgIpc) is 2.27. The van der Waals surface area contributed by atoms with Crippen molar-refractivity contribution in [2.75, 3.05) is 19.6 Å². The second-order valence-corrected chi connectivity index (χ2v) is 3.71. The molecule has 6 nitrogen and oxygen atoms in total. The van der Waals surface area contributed by atoms with Crippen molar-refractivity contribution in [3.05, 3.63) is 0 Å². The standard InChI is InChI=1S/C10H17N3O3/c1-2-11-9(15)6-13-10(16)7-3-4-8(14)12-5-7/h7H,2-6H2,1H3,(H,11,15)(H,12,14)(H,13,16). The van der Waals surface area contributed by atoms with Crippen molar-refractivity contribution in [3.63, 3.8) is 0 Å². The zero-order valence-corrected chi connectivity index (χ0v) is 9.34. The Morgan fingerprint density at radius 3 is 2.75 bits per heavy atom. The zero-order valence-electron chi connectivity index (χ0n) is 9.34. The Morgan fingerprint density at radius 1 is 1.44 bits per heavy atom. The third kappa shape index (κ3) is 3.88. The van der Waals surface area contributed by atoms with Gasteiger partial charge in [0.2, 0.25) is 17.7 Å². The molecule has 0 aromatic carbocycles. The van der Waals surface area contributed by atoms with Crippen LogP contribution in [0.2, 0.25) is 0 Å². The second-order valence-electron chi connectivity index (χ2n) is 3.71. The third-order valence-corrected chi connectivity index (χ3v) is 2.43. The lowest BCUT2D eigenvalue weighted by Gasteiger charge is -2.21. The molecular formula is C10H17N3O3. The van der Waals surface area contributed by atoms with E-state index in [9.17, 15) is 14.4 Å². The van der Waals surface area contributed by atoms with E-state index in [2.05, 4.69) is 16.0 Å². The van der Waals surface area contributed by atoms with Gasteiger partial charge in [-0.2, -0.15) is 0 Å². The van der Waals surface area contributed by atoms with Crippen LogP contribution in [0, 0.1) is 5.92 Å². The quantitative estimate of drug-likeness (QED) is 0.561. The SMILES string of the molecule is CCNC(=O)CNC(=O)C1CCC(=O)NC1. The second kappa shape index (κ2) is 6.09. The van der Waals surface area contributed by atoms with Crippen LogP contribution in [0.15, 0.2) is 0 Å². The molecule has 0 aromatic rings. The number of likely N-dealkylation sites (N-methyl/N-ethyl adjacent to an activating group) is 1. The normalized spacial score (nSPS) is 19.8. The summed E-state index contributed by atoms with van der Waals surface area (Å²) >= 11 is 0. The van der Waals surface area contributed by atoms with Crippen LogP contribution < -0.4 is 16.0 Å². The molecule has 1 fully saturated rings. The van der Waals surface area contributed by atoms with Gasteiger partial charge in [0.1, 0.15) is 0 Å². The molecule has 6 heteroatoms. The molecule has 90 valence electrons. The number of nitrogens with one attached hydrogen (secondary N) is 3. The van der Waals surface area contributed by atoms with Crippen molar-refractivity contribution in [2.24, 2.45) is 5.92 Å². The number of hydrogen-bond acceptors (Lipinski definition) is 3. The van der Waals surface area contributed by atoms with Gasteiger partial charge in [0.15, 0.2) is 0 Å². The smallest absolute Gasteiger partial charge is 0.239 e. The lowest BCUT2D eigenvalue weighted by molar-refractivity contribution is -0.131. The van der Waals surface area contributed by atoms with Gasteiger partial charge in [0.05, 0.1) is 12.5 Å². The van der Waals surface area contributed by atoms with E-state index in [-0.39, 0.29) is 30.2 Å². The maximum absolute atomic E-state index is 11.6. The highest BCUT2D eigenvalue weighted by molar-refractivity contribution is 5.87. The summed E-state index contributed by atoms with van der Waals surface area (Å²) in [6, 6.07) is 0. The van der Waals surface area contributed by atoms with Crippen molar-refractivity contribution in [2.45, 2.75) is 19.8 Å². The summed E-state index contributed by atoms with van der Waals surface area (Å²) in [6.45, 7) is 2.72. The fourth-order valence-electron chi connectivity index (χ4n) is 1.53. The van der Waals surface area contributed by atoms with E-state index in [1.165, 1.54) is 0 Å². The molecule has 3 amide bonds. The number of carbonyl (C=O) groups is 3. The van der Waals surface area contributed by atoms with Crippen LogP contribution in [0.3, 0.4) is 0 Å². The number of amides is 3. The minimum absolute atomic E-state index is 0.00286. The van der Waals surface area contributed by atoms with E-state index < -0.39 is 0 Å². The van der Waals surface area contributed by atoms with Crippen molar-refractivity contribution >= 4 is 17.7 Å². The van der Waals surface area contributed by atoms with Crippen molar-refractivity contribution < 1.29 is 14.4 Å². The fraction of sp³-hybridized carbons (Fsp3) is 0.700. The summed E-state index contributed by atoms with van der Waals surface area (Å²) in [5.41, 5.74) is 0. The molecule has 1 aliphatic rings. The highest BCUT2D eigenvalue weighted by Crippen LogP contribution is 2.10. The molecule has 0 spiro atoms. The van der Waals surface area contributed by atoms with E-state index in [1.807, 2.05) is 6.92 Å². The fourth-order valence-corrected chi connectivity index (χ4v) is 1.53. The lowest BCUT2D eigenvalue weighted by atomic mass is 9.98. The Bertz CT molecular complexity index is 281. The molecule has 1 unspecified atom stereocenters. The van der Waals surface area contributed by atoms with Crippen LogP contribution in [0.1, 0.15) is 19.8 Å². The molecule has 1 saturated heterocycles. The van der Waals surface area contributed by atoms with Crippen molar-refractivity contribution in [3.8, 4) is 0 Å². The molecule has 0 aromatic heterocycles. The first-order valence-corrected chi connectivity index (χ1v) is 5.44. The van der Waals surface area contributed by atoms with Gasteiger partial charge in [-0.15, -0.1) is 0 Å². The number of hydrogen-bond donors (Lipinski definition) is 3. The Kier molecular flexibility index (Phi) is 4.75. The predicted octanol–water partition coefficient (Wildman–Crippen LogP) is -1.24. The number of piperidine rings is 1. The predicted molar refractivity (Wildman–Crippen MR) is 57.4 cm³/mol. The van der Waals surface area contributed by atoms with Gasteiger partial charge in [-0.05, 0) is 13.3 Å². The summed E-state index contributed by atoms with van der Waals surface area (Å²) in [6.07, 6.45) is 0.923. The van der Waals surface area contributed by atoms with Crippen LogP contribution in [0.5, 0.6) is 0 Å². The van der Waals surface area contributed by atoms with Gasteiger partial charge in [-0.1, -0.05) is 0 Å². The van der Waals surface area contributed by atoms with Gasteiger partial charge in [0.25, 0.3) is 0 Å². The van der Waals surface area contributed by atoms with E-state index in [0.717, 1.165) is 0 Å². The summed E-state index contributed by atoms with van der Waals surface area (Å²) in [5.74, 6) is -0.609. The van der Waals surface area contributed by atoms with Gasteiger partial charge in [-0.25, -0.2) is 0 Å². The van der Waals surface area contributed by atoms with Crippen LogP contribution in [0.25, 0.3) is 0 Å². The van der Waals surface area contributed by atoms with Crippen molar-refractivity contribution in [1.29, 1.82) is 0 Å². The molecule has 1 atom stereocenters. The summed E-state index contributed by atoms with van der Waals surface area (Å²) in [7, 11) is 0. The first-order valence-electron chi connectivity index (χ1n) is 5.44. The van der Waals surface area contributed by atoms with E-state index in [1.54, 1.807) is 0 Å². The molecule has 0 aliphatic carbocycles. The maximum atomic E-state index is 11.6. The summed E-state index contributed by atoms with van der Waals surface area (Å²) in [5, 5.41) is 7.76. The molecule has 1 heterocycles. The van der Waals surface area contributed by atoms with Crippen LogP contribution >= 0.6 is 0 Å². The molecule has 3 N–H and O–H groups in total. The molecular weight excluding hydrogens is 210 g/mol. The average molecular weight is 227 g/mol. The molecule has 1 aliphatic heterocycles. The first-order chi connectivity index (χ1) is 7.63. The van der Waals surface area contributed by atoms with E-state index in [0.29, 0.717) is 25.9 Å². The van der Waals surface area contributed by atoms with E-state index in [4.69, 9.17) is 0 Å². The minimum atomic E-state index is -0.216. The van der Waals surface area contributed by atoms with Crippen LogP contribution in [-0.2, 0) is 14.4 Å². The molecule has 0 radical (unpaired) electrons. The van der Waals surface area contributed by atoms with Gasteiger partial charge in [-0.3, -0.25) is 14.4 Å². The summed E-state index contributed by atoms with van der Waals surface area (Å²) < 4.78 is 0. The van der Waals surface area contributed by atoms with Gasteiger partial charge >= 0.3 is 0 Å². The first kappa shape index (κ1) is 12.5.